The lowest BCUT2D eigenvalue weighted by Gasteiger charge is -2.20. The number of rotatable bonds is 4. The van der Waals surface area contributed by atoms with Crippen LogP contribution in [0.2, 0.25) is 0 Å². The van der Waals surface area contributed by atoms with Crippen molar-refractivity contribution >= 4 is 39.7 Å². The Morgan fingerprint density at radius 3 is 2.21 bits per heavy atom. The highest BCUT2D eigenvalue weighted by molar-refractivity contribution is 5.82. The van der Waals surface area contributed by atoms with Gasteiger partial charge >= 0.3 is 0 Å². The number of aromatic nitrogens is 4. The zero-order valence-corrected chi connectivity index (χ0v) is 19.6. The summed E-state index contributed by atoms with van der Waals surface area (Å²) in [5.41, 5.74) is 9.08. The summed E-state index contributed by atoms with van der Waals surface area (Å²) in [4.78, 5) is 22.1. The number of nitrogens with zero attached hydrogens (tertiary/aromatic N) is 2. The van der Waals surface area contributed by atoms with Crippen LogP contribution in [-0.2, 0) is 0 Å². The Kier molecular flexibility index (Phi) is 5.02. The fourth-order valence-electron chi connectivity index (χ4n) is 4.66. The summed E-state index contributed by atoms with van der Waals surface area (Å²) in [5, 5.41) is 0. The zero-order chi connectivity index (χ0) is 23.1. The lowest BCUT2D eigenvalue weighted by atomic mass is 10.2. The summed E-state index contributed by atoms with van der Waals surface area (Å²) in [6, 6.07) is 21.6. The quantitative estimate of drug-likeness (QED) is 0.390. The summed E-state index contributed by atoms with van der Waals surface area (Å²) in [5.74, 6) is 2.01. The van der Waals surface area contributed by atoms with Crippen molar-refractivity contribution in [1.29, 1.82) is 0 Å². The Morgan fingerprint density at radius 1 is 0.765 bits per heavy atom. The molecule has 0 bridgehead atoms. The van der Waals surface area contributed by atoms with E-state index in [4.69, 9.17) is 0 Å². The van der Waals surface area contributed by atoms with Gasteiger partial charge in [-0.15, -0.1) is 0 Å². The number of nitrogens with one attached hydrogen (secondary N) is 5. The molecule has 7 heteroatoms. The van der Waals surface area contributed by atoms with Crippen LogP contribution in [0.1, 0.15) is 6.42 Å². The van der Waals surface area contributed by atoms with Crippen molar-refractivity contribution in [2.75, 3.05) is 43.5 Å². The van der Waals surface area contributed by atoms with Gasteiger partial charge in [-0.3, -0.25) is 0 Å². The topological polar surface area (TPSA) is 80.3 Å². The summed E-state index contributed by atoms with van der Waals surface area (Å²) in [6.45, 7) is 3.03. The average Bonchev–Trinajstić information content (AvgIpc) is 3.38. The molecule has 5 N–H and O–H groups in total. The molecule has 170 valence electrons. The van der Waals surface area contributed by atoms with Crippen molar-refractivity contribution in [3.63, 3.8) is 0 Å². The van der Waals surface area contributed by atoms with Crippen LogP contribution < -0.4 is 24.8 Å². The first-order chi connectivity index (χ1) is 16.6. The van der Waals surface area contributed by atoms with E-state index in [-0.39, 0.29) is 0 Å². The van der Waals surface area contributed by atoms with Gasteiger partial charge in [-0.2, -0.15) is 0 Å². The molecule has 7 nitrogen and oxygen atoms in total. The maximum absolute atomic E-state index is 3.59. The SMILES string of the molecule is CN(C)c1ccc(-c2[nH]c3cc(-c4[nH]c5cc(N6CCC=[NH+]CC6)ccc5[nH+]4)ccc3[nH+]2)cc1. The molecule has 0 spiro atoms. The second-order valence-corrected chi connectivity index (χ2v) is 9.12. The van der Waals surface area contributed by atoms with Crippen molar-refractivity contribution in [1.82, 2.24) is 9.97 Å². The molecule has 0 saturated carbocycles. The molecule has 1 aliphatic rings. The number of hydrogen-bond acceptors (Lipinski definition) is 2. The summed E-state index contributed by atoms with van der Waals surface area (Å²) in [7, 11) is 4.11. The van der Waals surface area contributed by atoms with E-state index in [1.807, 2.05) is 0 Å². The highest BCUT2D eigenvalue weighted by Gasteiger charge is 2.19. The number of hydrogen-bond donors (Lipinski definition) is 3. The van der Waals surface area contributed by atoms with Crippen LogP contribution in [0.3, 0.4) is 0 Å². The normalized spacial score (nSPS) is 14.1. The zero-order valence-electron chi connectivity index (χ0n) is 19.6. The first-order valence-electron chi connectivity index (χ1n) is 11.8. The van der Waals surface area contributed by atoms with Gasteiger partial charge < -0.3 is 9.80 Å². The first-order valence-corrected chi connectivity index (χ1v) is 11.8. The molecule has 0 saturated heterocycles. The van der Waals surface area contributed by atoms with Gasteiger partial charge in [0.2, 0.25) is 0 Å². The number of H-pyrrole nitrogens is 4. The largest absolute Gasteiger partial charge is 0.378 e. The van der Waals surface area contributed by atoms with Crippen LogP contribution in [0.15, 0.2) is 60.7 Å². The van der Waals surface area contributed by atoms with Crippen molar-refractivity contribution in [3.05, 3.63) is 60.7 Å². The van der Waals surface area contributed by atoms with E-state index in [9.17, 15) is 0 Å². The molecule has 0 amide bonds. The number of benzene rings is 3. The van der Waals surface area contributed by atoms with Crippen LogP contribution in [0.25, 0.3) is 44.8 Å². The predicted octanol–water partition coefficient (Wildman–Crippen LogP) is 2.04. The van der Waals surface area contributed by atoms with E-state index in [0.717, 1.165) is 70.9 Å². The molecule has 2 aromatic heterocycles. The Bertz CT molecular complexity index is 1480. The Hall–Kier alpha value is -4.13. The lowest BCUT2D eigenvalue weighted by Crippen LogP contribution is -2.70. The standard InChI is InChI=1S/C27H27N7/c1-33(2)20-7-4-18(5-8-20)26-29-22-10-6-19(16-24(22)31-26)27-30-23-11-9-21(17-25(23)32-27)34-14-3-12-28-13-15-34/h4-12,16-17H,3,13-15H2,1-2H3,(H,29,31)(H,30,32)/p+3. The molecule has 1 aliphatic heterocycles. The molecule has 0 fully saturated rings. The maximum Gasteiger partial charge on any atom is 0.285 e. The minimum absolute atomic E-state index is 0.981. The number of aromatic amines is 4. The molecule has 34 heavy (non-hydrogen) atoms. The van der Waals surface area contributed by atoms with Crippen molar-refractivity contribution < 1.29 is 15.0 Å². The molecular formula is C27H30N7+3. The number of fused-ring (bicyclic) bond motifs is 2. The van der Waals surface area contributed by atoms with Crippen molar-refractivity contribution in [2.45, 2.75) is 6.42 Å². The first kappa shape index (κ1) is 20.5. The van der Waals surface area contributed by atoms with Gasteiger partial charge in [0.1, 0.15) is 6.21 Å². The minimum Gasteiger partial charge on any atom is -0.378 e. The van der Waals surface area contributed by atoms with Crippen LogP contribution in [0.4, 0.5) is 11.4 Å². The van der Waals surface area contributed by atoms with Crippen LogP contribution in [-0.4, -0.2) is 49.9 Å². The van der Waals surface area contributed by atoms with Crippen LogP contribution >= 0.6 is 0 Å². The summed E-state index contributed by atoms with van der Waals surface area (Å²) >= 11 is 0. The van der Waals surface area contributed by atoms with Gasteiger partial charge in [-0.25, -0.2) is 24.9 Å². The van der Waals surface area contributed by atoms with Gasteiger partial charge in [0.05, 0.1) is 17.7 Å². The highest BCUT2D eigenvalue weighted by atomic mass is 15.1. The van der Waals surface area contributed by atoms with Crippen molar-refractivity contribution in [3.8, 4) is 22.8 Å². The summed E-state index contributed by atoms with van der Waals surface area (Å²) in [6.07, 6.45) is 3.21. The van der Waals surface area contributed by atoms with Gasteiger partial charge in [0.25, 0.3) is 11.6 Å². The molecule has 3 aromatic carbocycles. The smallest absolute Gasteiger partial charge is 0.285 e. The van der Waals surface area contributed by atoms with E-state index < -0.39 is 0 Å². The van der Waals surface area contributed by atoms with E-state index in [1.165, 1.54) is 11.4 Å². The Morgan fingerprint density at radius 2 is 1.44 bits per heavy atom. The molecule has 0 aliphatic carbocycles. The Balaban J connectivity index is 1.30. The Labute approximate surface area is 198 Å². The molecule has 3 heterocycles. The van der Waals surface area contributed by atoms with Gasteiger partial charge in [-0.05, 0) is 48.5 Å². The lowest BCUT2D eigenvalue weighted by molar-refractivity contribution is -0.448. The molecule has 0 unspecified atom stereocenters. The molecule has 6 rings (SSSR count). The molecule has 0 atom stereocenters. The van der Waals surface area contributed by atoms with Gasteiger partial charge in [-0.1, -0.05) is 0 Å². The number of imidazole rings is 2. The third-order valence-electron chi connectivity index (χ3n) is 6.60. The highest BCUT2D eigenvalue weighted by Crippen LogP contribution is 2.25. The van der Waals surface area contributed by atoms with Crippen molar-refractivity contribution in [2.24, 2.45) is 0 Å². The fraction of sp³-hybridized carbons (Fsp3) is 0.222. The maximum atomic E-state index is 3.59. The second kappa shape index (κ2) is 8.33. The third-order valence-corrected chi connectivity index (χ3v) is 6.60. The molecule has 0 radical (unpaired) electrons. The second-order valence-electron chi connectivity index (χ2n) is 9.12. The van der Waals surface area contributed by atoms with E-state index in [1.54, 1.807) is 0 Å². The summed E-state index contributed by atoms with van der Waals surface area (Å²) < 4.78 is 0. The predicted molar refractivity (Wildman–Crippen MR) is 137 cm³/mol. The van der Waals surface area contributed by atoms with E-state index >= 15 is 0 Å². The van der Waals surface area contributed by atoms with Crippen LogP contribution in [0.5, 0.6) is 0 Å². The number of anilines is 2. The monoisotopic (exact) mass is 452 g/mol. The van der Waals surface area contributed by atoms with Gasteiger partial charge in [0, 0.05) is 50.6 Å². The fourth-order valence-corrected chi connectivity index (χ4v) is 4.66. The van der Waals surface area contributed by atoms with E-state index in [0.29, 0.717) is 0 Å². The third kappa shape index (κ3) is 3.79. The van der Waals surface area contributed by atoms with E-state index in [2.05, 4.69) is 116 Å². The van der Waals surface area contributed by atoms with Crippen LogP contribution in [0, 0.1) is 0 Å². The minimum atomic E-state index is 0.981. The average molecular weight is 453 g/mol. The molecule has 5 aromatic rings. The van der Waals surface area contributed by atoms with Gasteiger partial charge in [0.15, 0.2) is 28.6 Å². The molecular weight excluding hydrogens is 422 g/mol.